The van der Waals surface area contributed by atoms with Crippen LogP contribution < -0.4 is 5.73 Å². The summed E-state index contributed by atoms with van der Waals surface area (Å²) in [6.07, 6.45) is 4.92. The number of rotatable bonds is 0. The lowest BCUT2D eigenvalue weighted by Crippen LogP contribution is -2.02. The number of nitrogens with one attached hydrogen (secondary N) is 1. The number of hydrogen-bond donors (Lipinski definition) is 2. The van der Waals surface area contributed by atoms with Gasteiger partial charge in [0.15, 0.2) is 5.95 Å². The van der Waals surface area contributed by atoms with E-state index < -0.39 is 0 Å². The smallest absolute Gasteiger partial charge is 0.198 e. The van der Waals surface area contributed by atoms with E-state index in [0.717, 1.165) is 17.5 Å². The molecule has 0 amide bonds. The van der Waals surface area contributed by atoms with Gasteiger partial charge in [0, 0.05) is 0 Å². The van der Waals surface area contributed by atoms with Crippen LogP contribution in [0.4, 0.5) is 5.95 Å². The summed E-state index contributed by atoms with van der Waals surface area (Å²) < 4.78 is 0. The van der Waals surface area contributed by atoms with Gasteiger partial charge in [0.1, 0.15) is 0 Å². The molecule has 14 heavy (non-hydrogen) atoms. The molecule has 2 aromatic rings. The molecule has 0 radical (unpaired) electrons. The molecule has 0 aliphatic heterocycles. The molecule has 0 unspecified atom stereocenters. The predicted octanol–water partition coefficient (Wildman–Crippen LogP) is 2.02. The Morgan fingerprint density at radius 1 is 1.21 bits per heavy atom. The second-order valence-electron chi connectivity index (χ2n) is 3.93. The number of aromatic amines is 1. The molecule has 0 bridgehead atoms. The van der Waals surface area contributed by atoms with E-state index in [2.05, 4.69) is 22.1 Å². The third kappa shape index (κ3) is 1.02. The van der Waals surface area contributed by atoms with E-state index in [4.69, 9.17) is 5.73 Å². The summed E-state index contributed by atoms with van der Waals surface area (Å²) in [5.74, 6) is 0.527. The second kappa shape index (κ2) is 2.74. The quantitative estimate of drug-likeness (QED) is 0.663. The number of nitrogens with two attached hydrogens (primary N) is 1. The van der Waals surface area contributed by atoms with Crippen molar-refractivity contribution >= 4 is 17.0 Å². The Labute approximate surface area is 82.3 Å². The summed E-state index contributed by atoms with van der Waals surface area (Å²) in [7, 11) is 0. The van der Waals surface area contributed by atoms with Crippen LogP contribution in [0.25, 0.3) is 11.0 Å². The average Bonchev–Trinajstić information content (AvgIpc) is 2.59. The zero-order valence-corrected chi connectivity index (χ0v) is 8.01. The highest BCUT2D eigenvalue weighted by atomic mass is 15.0. The molecular weight excluding hydrogens is 174 g/mol. The SMILES string of the molecule is Nc1nc2c3c(ccc2[nH]1)CCCC3. The zero-order chi connectivity index (χ0) is 9.54. The van der Waals surface area contributed by atoms with E-state index >= 15 is 0 Å². The highest BCUT2D eigenvalue weighted by Crippen LogP contribution is 2.27. The molecule has 1 aliphatic carbocycles. The summed E-state index contributed by atoms with van der Waals surface area (Å²) >= 11 is 0. The molecule has 3 rings (SSSR count). The van der Waals surface area contributed by atoms with Gasteiger partial charge in [-0.15, -0.1) is 0 Å². The number of aromatic nitrogens is 2. The number of fused-ring (bicyclic) bond motifs is 3. The third-order valence-electron chi connectivity index (χ3n) is 3.00. The van der Waals surface area contributed by atoms with Crippen molar-refractivity contribution in [3.63, 3.8) is 0 Å². The molecule has 1 aromatic heterocycles. The molecule has 1 aromatic carbocycles. The minimum absolute atomic E-state index is 0.527. The van der Waals surface area contributed by atoms with Crippen molar-refractivity contribution < 1.29 is 0 Å². The van der Waals surface area contributed by atoms with Crippen LogP contribution in [0, 0.1) is 0 Å². The highest BCUT2D eigenvalue weighted by Gasteiger charge is 2.14. The summed E-state index contributed by atoms with van der Waals surface area (Å²) in [6, 6.07) is 4.29. The fraction of sp³-hybridized carbons (Fsp3) is 0.364. The number of benzene rings is 1. The first-order valence-electron chi connectivity index (χ1n) is 5.10. The van der Waals surface area contributed by atoms with Gasteiger partial charge in [-0.2, -0.15) is 0 Å². The molecule has 3 N–H and O–H groups in total. The van der Waals surface area contributed by atoms with Gasteiger partial charge in [0.2, 0.25) is 0 Å². The Morgan fingerprint density at radius 2 is 2.07 bits per heavy atom. The lowest BCUT2D eigenvalue weighted by atomic mass is 9.91. The van der Waals surface area contributed by atoms with Crippen molar-refractivity contribution in [1.82, 2.24) is 9.97 Å². The number of hydrogen-bond acceptors (Lipinski definition) is 2. The lowest BCUT2D eigenvalue weighted by molar-refractivity contribution is 0.689. The second-order valence-corrected chi connectivity index (χ2v) is 3.93. The zero-order valence-electron chi connectivity index (χ0n) is 8.01. The van der Waals surface area contributed by atoms with Crippen LogP contribution in [-0.4, -0.2) is 9.97 Å². The average molecular weight is 187 g/mol. The van der Waals surface area contributed by atoms with Crippen molar-refractivity contribution in [2.24, 2.45) is 0 Å². The van der Waals surface area contributed by atoms with E-state index in [1.54, 1.807) is 0 Å². The molecule has 3 heteroatoms. The standard InChI is InChI=1S/C11H13N3/c12-11-13-9-6-5-7-3-1-2-4-8(7)10(9)14-11/h5-6H,1-4H2,(H3,12,13,14). The van der Waals surface area contributed by atoms with Crippen LogP contribution in [0.5, 0.6) is 0 Å². The van der Waals surface area contributed by atoms with Gasteiger partial charge in [0.05, 0.1) is 11.0 Å². The largest absolute Gasteiger partial charge is 0.369 e. The maximum atomic E-state index is 5.66. The fourth-order valence-electron chi connectivity index (χ4n) is 2.32. The predicted molar refractivity (Wildman–Crippen MR) is 57.1 cm³/mol. The molecule has 0 saturated carbocycles. The van der Waals surface area contributed by atoms with E-state index in [1.807, 2.05) is 0 Å². The normalized spacial score (nSPS) is 15.7. The van der Waals surface area contributed by atoms with Crippen molar-refractivity contribution in [3.05, 3.63) is 23.3 Å². The molecule has 0 spiro atoms. The first-order valence-corrected chi connectivity index (χ1v) is 5.10. The van der Waals surface area contributed by atoms with Gasteiger partial charge < -0.3 is 10.7 Å². The Kier molecular flexibility index (Phi) is 1.54. The maximum absolute atomic E-state index is 5.66. The molecule has 0 atom stereocenters. The van der Waals surface area contributed by atoms with Crippen LogP contribution in [-0.2, 0) is 12.8 Å². The van der Waals surface area contributed by atoms with Crippen LogP contribution >= 0.6 is 0 Å². The summed E-state index contributed by atoms with van der Waals surface area (Å²) in [4.78, 5) is 7.42. The van der Waals surface area contributed by atoms with E-state index in [9.17, 15) is 0 Å². The molecule has 0 fully saturated rings. The minimum atomic E-state index is 0.527. The summed E-state index contributed by atoms with van der Waals surface area (Å²) in [5.41, 5.74) is 10.7. The monoisotopic (exact) mass is 187 g/mol. The number of imidazole rings is 1. The molecule has 72 valence electrons. The summed E-state index contributed by atoms with van der Waals surface area (Å²) in [6.45, 7) is 0. The lowest BCUT2D eigenvalue weighted by Gasteiger charge is -2.15. The maximum Gasteiger partial charge on any atom is 0.198 e. The Balaban J connectivity index is 2.33. The van der Waals surface area contributed by atoms with Crippen molar-refractivity contribution in [1.29, 1.82) is 0 Å². The van der Waals surface area contributed by atoms with Crippen molar-refractivity contribution in [2.45, 2.75) is 25.7 Å². The number of aryl methyl sites for hydroxylation is 2. The van der Waals surface area contributed by atoms with Gasteiger partial charge >= 0.3 is 0 Å². The molecule has 1 aliphatic rings. The fourth-order valence-corrected chi connectivity index (χ4v) is 2.32. The highest BCUT2D eigenvalue weighted by molar-refractivity contribution is 5.82. The summed E-state index contributed by atoms with van der Waals surface area (Å²) in [5, 5.41) is 0. The van der Waals surface area contributed by atoms with Gasteiger partial charge in [-0.25, -0.2) is 4.98 Å². The topological polar surface area (TPSA) is 54.7 Å². The van der Waals surface area contributed by atoms with Crippen LogP contribution in [0.15, 0.2) is 12.1 Å². The Hall–Kier alpha value is -1.51. The number of H-pyrrole nitrogens is 1. The van der Waals surface area contributed by atoms with Crippen LogP contribution in [0.3, 0.4) is 0 Å². The Morgan fingerprint density at radius 3 is 3.00 bits per heavy atom. The van der Waals surface area contributed by atoms with Gasteiger partial charge in [0.25, 0.3) is 0 Å². The van der Waals surface area contributed by atoms with E-state index in [-0.39, 0.29) is 0 Å². The molecule has 1 heterocycles. The Bertz CT molecular complexity index is 484. The number of anilines is 1. The van der Waals surface area contributed by atoms with Gasteiger partial charge in [-0.3, -0.25) is 0 Å². The van der Waals surface area contributed by atoms with Crippen LogP contribution in [0.2, 0.25) is 0 Å². The molecular formula is C11H13N3. The molecule has 3 nitrogen and oxygen atoms in total. The van der Waals surface area contributed by atoms with E-state index in [1.165, 1.54) is 30.4 Å². The molecule has 0 saturated heterocycles. The first-order chi connectivity index (χ1) is 6.84. The number of nitrogens with zero attached hydrogens (tertiary/aromatic N) is 1. The van der Waals surface area contributed by atoms with Gasteiger partial charge in [-0.1, -0.05) is 6.07 Å². The van der Waals surface area contributed by atoms with Crippen molar-refractivity contribution in [2.75, 3.05) is 5.73 Å². The van der Waals surface area contributed by atoms with Crippen LogP contribution in [0.1, 0.15) is 24.0 Å². The first kappa shape index (κ1) is 7.85. The van der Waals surface area contributed by atoms with Crippen molar-refractivity contribution in [3.8, 4) is 0 Å². The number of nitrogen functional groups attached to an aromatic ring is 1. The van der Waals surface area contributed by atoms with E-state index in [0.29, 0.717) is 5.95 Å². The van der Waals surface area contributed by atoms with Gasteiger partial charge in [-0.05, 0) is 42.9 Å². The minimum Gasteiger partial charge on any atom is -0.369 e. The third-order valence-corrected chi connectivity index (χ3v) is 3.00.